The summed E-state index contributed by atoms with van der Waals surface area (Å²) in [5.41, 5.74) is 1.68. The second kappa shape index (κ2) is 7.79. The molecule has 0 radical (unpaired) electrons. The van der Waals surface area contributed by atoms with Gasteiger partial charge in [-0.05, 0) is 18.8 Å². The van der Waals surface area contributed by atoms with Crippen LogP contribution < -0.4 is 5.32 Å². The molecule has 1 rings (SSSR count). The molecule has 0 bridgehead atoms. The lowest BCUT2D eigenvalue weighted by atomic mass is 10.0. The molecule has 1 atom stereocenters. The average molecular weight is 305 g/mol. The van der Waals surface area contributed by atoms with E-state index in [9.17, 15) is 4.79 Å². The number of halogens is 1. The van der Waals surface area contributed by atoms with Gasteiger partial charge in [-0.1, -0.05) is 29.3 Å². The fraction of sp³-hybridized carbons (Fsp3) is 0.636. The summed E-state index contributed by atoms with van der Waals surface area (Å²) in [7, 11) is 0. The maximum absolute atomic E-state index is 11.7. The Hall–Kier alpha value is -0.420. The maximum Gasteiger partial charge on any atom is 0.263 e. The Balaban J connectivity index is 2.34. The first kappa shape index (κ1) is 13.6. The highest BCUT2D eigenvalue weighted by Gasteiger charge is 2.11. The third-order valence-electron chi connectivity index (χ3n) is 2.42. The van der Waals surface area contributed by atoms with Crippen LogP contribution in [0.5, 0.6) is 0 Å². The van der Waals surface area contributed by atoms with E-state index in [1.54, 1.807) is 11.7 Å². The fourth-order valence-corrected chi connectivity index (χ4v) is 2.75. The molecule has 1 heterocycles. The first-order valence-electron chi connectivity index (χ1n) is 5.50. The summed E-state index contributed by atoms with van der Waals surface area (Å²) in [6.45, 7) is 2.93. The zero-order valence-corrected chi connectivity index (χ0v) is 11.8. The molecule has 0 fully saturated rings. The second-order valence-corrected chi connectivity index (χ2v) is 5.39. The van der Waals surface area contributed by atoms with Crippen LogP contribution in [0.4, 0.5) is 0 Å². The highest BCUT2D eigenvalue weighted by molar-refractivity contribution is 9.09. The number of hydrogen-bond acceptors (Lipinski definition) is 3. The molecule has 0 aromatic carbocycles. The summed E-state index contributed by atoms with van der Waals surface area (Å²) in [5, 5.41) is 3.96. The van der Waals surface area contributed by atoms with Gasteiger partial charge < -0.3 is 5.32 Å². The number of hydrogen-bond donors (Lipinski definition) is 1. The van der Waals surface area contributed by atoms with Crippen LogP contribution in [0.3, 0.4) is 0 Å². The number of nitrogens with one attached hydrogen (secondary N) is 1. The first-order valence-corrected chi connectivity index (χ1v) is 7.50. The third kappa shape index (κ3) is 4.61. The molecule has 0 aliphatic rings. The van der Waals surface area contributed by atoms with Crippen molar-refractivity contribution in [2.45, 2.75) is 26.2 Å². The smallest absolute Gasteiger partial charge is 0.263 e. The summed E-state index contributed by atoms with van der Waals surface area (Å²) in [6, 6.07) is 0. The molecule has 0 spiro atoms. The zero-order valence-electron chi connectivity index (χ0n) is 9.41. The van der Waals surface area contributed by atoms with E-state index in [1.165, 1.54) is 11.3 Å². The Labute approximate surface area is 109 Å². The van der Waals surface area contributed by atoms with Gasteiger partial charge in [0, 0.05) is 11.9 Å². The molecule has 0 aliphatic heterocycles. The SMILES string of the molecule is CCCC(CCBr)CNC(=O)c1cncs1. The molecule has 1 aromatic rings. The van der Waals surface area contributed by atoms with E-state index >= 15 is 0 Å². The minimum absolute atomic E-state index is 0.00169. The highest BCUT2D eigenvalue weighted by atomic mass is 79.9. The maximum atomic E-state index is 11.7. The van der Waals surface area contributed by atoms with Gasteiger partial charge in [-0.25, -0.2) is 0 Å². The van der Waals surface area contributed by atoms with Crippen molar-refractivity contribution in [3.05, 3.63) is 16.6 Å². The Morgan fingerprint density at radius 2 is 2.44 bits per heavy atom. The largest absolute Gasteiger partial charge is 0.351 e. The van der Waals surface area contributed by atoms with Crippen molar-refractivity contribution < 1.29 is 4.79 Å². The summed E-state index contributed by atoms with van der Waals surface area (Å²) in [5.74, 6) is 0.569. The van der Waals surface area contributed by atoms with Crippen LogP contribution in [-0.4, -0.2) is 22.8 Å². The van der Waals surface area contributed by atoms with Crippen molar-refractivity contribution in [2.75, 3.05) is 11.9 Å². The van der Waals surface area contributed by atoms with Crippen LogP contribution in [0, 0.1) is 5.92 Å². The highest BCUT2D eigenvalue weighted by Crippen LogP contribution is 2.12. The number of amides is 1. The van der Waals surface area contributed by atoms with Gasteiger partial charge in [-0.15, -0.1) is 11.3 Å². The van der Waals surface area contributed by atoms with Gasteiger partial charge in [0.1, 0.15) is 4.88 Å². The van der Waals surface area contributed by atoms with Gasteiger partial charge in [0.15, 0.2) is 0 Å². The lowest BCUT2D eigenvalue weighted by Crippen LogP contribution is -2.29. The fourth-order valence-electron chi connectivity index (χ4n) is 1.56. The lowest BCUT2D eigenvalue weighted by molar-refractivity contribution is 0.0950. The summed E-state index contributed by atoms with van der Waals surface area (Å²) in [6.07, 6.45) is 5.04. The molecule has 0 aliphatic carbocycles. The number of alkyl halides is 1. The quantitative estimate of drug-likeness (QED) is 0.787. The Morgan fingerprint density at radius 1 is 1.62 bits per heavy atom. The lowest BCUT2D eigenvalue weighted by Gasteiger charge is -2.15. The Kier molecular flexibility index (Phi) is 6.64. The molecule has 5 heteroatoms. The molecular formula is C11H17BrN2OS. The third-order valence-corrected chi connectivity index (χ3v) is 3.65. The van der Waals surface area contributed by atoms with Crippen molar-refractivity contribution in [2.24, 2.45) is 5.92 Å². The van der Waals surface area contributed by atoms with E-state index in [0.29, 0.717) is 10.8 Å². The Morgan fingerprint density at radius 3 is 3.00 bits per heavy atom. The van der Waals surface area contributed by atoms with Crippen LogP contribution >= 0.6 is 27.3 Å². The van der Waals surface area contributed by atoms with Gasteiger partial charge in [0.05, 0.1) is 11.7 Å². The van der Waals surface area contributed by atoms with Gasteiger partial charge >= 0.3 is 0 Å². The average Bonchev–Trinajstić information content (AvgIpc) is 2.79. The van der Waals surface area contributed by atoms with E-state index in [4.69, 9.17) is 0 Å². The minimum atomic E-state index is -0.00169. The van der Waals surface area contributed by atoms with Gasteiger partial charge in [-0.2, -0.15) is 0 Å². The first-order chi connectivity index (χ1) is 7.77. The van der Waals surface area contributed by atoms with Crippen molar-refractivity contribution in [3.63, 3.8) is 0 Å². The summed E-state index contributed by atoms with van der Waals surface area (Å²) < 4.78 is 0. The minimum Gasteiger partial charge on any atom is -0.351 e. The standard InChI is InChI=1S/C11H17BrN2OS/c1-2-3-9(4-5-12)6-14-11(15)10-7-13-8-16-10/h7-9H,2-6H2,1H3,(H,14,15). The molecule has 0 saturated heterocycles. The summed E-state index contributed by atoms with van der Waals surface area (Å²) >= 11 is 4.82. The van der Waals surface area contributed by atoms with Crippen LogP contribution in [0.1, 0.15) is 35.9 Å². The number of aromatic nitrogens is 1. The number of nitrogens with zero attached hydrogens (tertiary/aromatic N) is 1. The normalized spacial score (nSPS) is 12.4. The zero-order chi connectivity index (χ0) is 11.8. The molecule has 16 heavy (non-hydrogen) atoms. The molecule has 0 saturated carbocycles. The number of carbonyl (C=O) groups is 1. The predicted octanol–water partition coefficient (Wildman–Crippen LogP) is 3.07. The number of rotatable bonds is 7. The molecule has 1 aromatic heterocycles. The van der Waals surface area contributed by atoms with Crippen molar-refractivity contribution in [1.82, 2.24) is 10.3 Å². The monoisotopic (exact) mass is 304 g/mol. The molecule has 3 nitrogen and oxygen atoms in total. The van der Waals surface area contributed by atoms with E-state index in [2.05, 4.69) is 33.2 Å². The van der Waals surface area contributed by atoms with E-state index in [1.807, 2.05) is 0 Å². The molecule has 1 N–H and O–H groups in total. The van der Waals surface area contributed by atoms with Crippen molar-refractivity contribution in [1.29, 1.82) is 0 Å². The van der Waals surface area contributed by atoms with Crippen molar-refractivity contribution >= 4 is 33.2 Å². The number of thiazole rings is 1. The van der Waals surface area contributed by atoms with Gasteiger partial charge in [-0.3, -0.25) is 9.78 Å². The van der Waals surface area contributed by atoms with Gasteiger partial charge in [0.2, 0.25) is 0 Å². The second-order valence-electron chi connectivity index (χ2n) is 3.71. The van der Waals surface area contributed by atoms with Crippen LogP contribution in [0.2, 0.25) is 0 Å². The van der Waals surface area contributed by atoms with Crippen LogP contribution in [0.15, 0.2) is 11.7 Å². The number of carbonyl (C=O) groups excluding carboxylic acids is 1. The topological polar surface area (TPSA) is 42.0 Å². The molecule has 1 unspecified atom stereocenters. The molecular weight excluding hydrogens is 288 g/mol. The summed E-state index contributed by atoms with van der Waals surface area (Å²) in [4.78, 5) is 16.2. The molecule has 1 amide bonds. The van der Waals surface area contributed by atoms with Gasteiger partial charge in [0.25, 0.3) is 5.91 Å². The van der Waals surface area contributed by atoms with E-state index in [-0.39, 0.29) is 5.91 Å². The van der Waals surface area contributed by atoms with Crippen LogP contribution in [0.25, 0.3) is 0 Å². The molecule has 90 valence electrons. The van der Waals surface area contributed by atoms with Crippen LogP contribution in [-0.2, 0) is 0 Å². The van der Waals surface area contributed by atoms with Crippen molar-refractivity contribution in [3.8, 4) is 0 Å². The van der Waals surface area contributed by atoms with E-state index < -0.39 is 0 Å². The van der Waals surface area contributed by atoms with E-state index in [0.717, 1.165) is 31.1 Å². The Bertz CT molecular complexity index is 297. The predicted molar refractivity (Wildman–Crippen MR) is 71.3 cm³/mol.